The van der Waals surface area contributed by atoms with E-state index in [1.807, 2.05) is 0 Å². The van der Waals surface area contributed by atoms with Crippen molar-refractivity contribution < 1.29 is 0 Å². The second kappa shape index (κ2) is 15.2. The first-order valence-corrected chi connectivity index (χ1v) is 22.0. The Morgan fingerprint density at radius 1 is 0.270 bits per heavy atom. The topological polar surface area (TPSA) is 3.24 Å². The summed E-state index contributed by atoms with van der Waals surface area (Å²) in [7, 11) is 0. The van der Waals surface area contributed by atoms with Gasteiger partial charge in [-0.15, -0.1) is 0 Å². The first-order chi connectivity index (χ1) is 31.3. The lowest BCUT2D eigenvalue weighted by atomic mass is 9.64. The van der Waals surface area contributed by atoms with Crippen LogP contribution in [0.3, 0.4) is 0 Å². The number of benzene rings is 10. The van der Waals surface area contributed by atoms with Crippen LogP contribution in [0.15, 0.2) is 255 Å². The van der Waals surface area contributed by atoms with E-state index in [4.69, 9.17) is 0 Å². The van der Waals surface area contributed by atoms with Crippen molar-refractivity contribution in [1.82, 2.24) is 0 Å². The molecule has 10 aromatic carbocycles. The van der Waals surface area contributed by atoms with Gasteiger partial charge in [0.15, 0.2) is 0 Å². The number of hydrogen-bond donors (Lipinski definition) is 0. The average molecular weight is 802 g/mol. The molecule has 10 aromatic rings. The van der Waals surface area contributed by atoms with Crippen molar-refractivity contribution in [2.75, 3.05) is 4.90 Å². The van der Waals surface area contributed by atoms with Crippen LogP contribution >= 0.6 is 0 Å². The number of fused-ring (bicyclic) bond motifs is 9. The summed E-state index contributed by atoms with van der Waals surface area (Å²) in [5.41, 5.74) is 22.0. The van der Waals surface area contributed by atoms with Gasteiger partial charge in [0.1, 0.15) is 0 Å². The summed E-state index contributed by atoms with van der Waals surface area (Å²) < 4.78 is 0. The molecule has 0 unspecified atom stereocenters. The zero-order valence-electron chi connectivity index (χ0n) is 34.8. The van der Waals surface area contributed by atoms with Crippen molar-refractivity contribution >= 4 is 17.1 Å². The lowest BCUT2D eigenvalue weighted by Crippen LogP contribution is -2.36. The predicted octanol–water partition coefficient (Wildman–Crippen LogP) is 16.0. The normalized spacial score (nSPS) is 13.0. The van der Waals surface area contributed by atoms with E-state index >= 15 is 0 Å². The van der Waals surface area contributed by atoms with Gasteiger partial charge in [-0.25, -0.2) is 0 Å². The zero-order valence-corrected chi connectivity index (χ0v) is 34.8. The smallest absolute Gasteiger partial charge is 0.0754 e. The summed E-state index contributed by atoms with van der Waals surface area (Å²) >= 11 is 0. The van der Waals surface area contributed by atoms with Crippen LogP contribution in [-0.2, 0) is 5.41 Å². The standard InChI is InChI=1S/C62H43N/c1-4-16-43(17-5-1)45-28-34-48(35-29-45)61(49-36-30-46(31-37-49)44-18-6-2-7-19-44)50-38-32-47(33-39-50)51-40-41-54-53-22-10-11-23-55(53)62(58(54)42-51)56-24-12-14-26-59(56)63(52-20-8-3-9-21-52)60-27-15-13-25-57(60)62/h1-42,61H. The van der Waals surface area contributed by atoms with Gasteiger partial charge in [0.05, 0.1) is 16.8 Å². The second-order valence-electron chi connectivity index (χ2n) is 16.8. The summed E-state index contributed by atoms with van der Waals surface area (Å²) in [5.74, 6) is 0.0642. The van der Waals surface area contributed by atoms with Crippen LogP contribution in [0.5, 0.6) is 0 Å². The van der Waals surface area contributed by atoms with Crippen molar-refractivity contribution in [2.45, 2.75) is 11.3 Å². The predicted molar refractivity (Wildman–Crippen MR) is 262 cm³/mol. The SMILES string of the molecule is c1ccc(-c2ccc(C(c3ccc(-c4ccccc4)cc3)c3ccc(-c4ccc5c(c4)C4(c6ccccc6-5)c5ccccc5N(c5ccccc5)c5ccccc54)cc3)cc2)cc1. The highest BCUT2D eigenvalue weighted by Crippen LogP contribution is 2.63. The molecule has 0 atom stereocenters. The van der Waals surface area contributed by atoms with E-state index in [0.29, 0.717) is 0 Å². The minimum absolute atomic E-state index is 0.0642. The molecule has 63 heavy (non-hydrogen) atoms. The van der Waals surface area contributed by atoms with Crippen LogP contribution in [0.25, 0.3) is 44.5 Å². The summed E-state index contributed by atoms with van der Waals surface area (Å²) in [5, 5.41) is 0. The maximum atomic E-state index is 2.48. The van der Waals surface area contributed by atoms with Crippen molar-refractivity contribution in [3.8, 4) is 44.5 Å². The van der Waals surface area contributed by atoms with E-state index in [9.17, 15) is 0 Å². The van der Waals surface area contributed by atoms with Gasteiger partial charge in [0.2, 0.25) is 0 Å². The number of nitrogens with zero attached hydrogens (tertiary/aromatic N) is 1. The van der Waals surface area contributed by atoms with Gasteiger partial charge in [0.25, 0.3) is 0 Å². The molecular weight excluding hydrogens is 759 g/mol. The molecule has 0 bridgehead atoms. The molecule has 12 rings (SSSR count). The van der Waals surface area contributed by atoms with E-state index in [1.54, 1.807) is 0 Å². The van der Waals surface area contributed by atoms with E-state index in [0.717, 1.165) is 5.69 Å². The highest BCUT2D eigenvalue weighted by molar-refractivity contribution is 5.96. The molecule has 0 aromatic heterocycles. The van der Waals surface area contributed by atoms with Gasteiger partial charge in [-0.1, -0.05) is 224 Å². The zero-order chi connectivity index (χ0) is 41.7. The Bertz CT molecular complexity index is 3110. The number of hydrogen-bond acceptors (Lipinski definition) is 1. The molecule has 0 amide bonds. The van der Waals surface area contributed by atoms with E-state index in [-0.39, 0.29) is 5.92 Å². The van der Waals surface area contributed by atoms with E-state index in [2.05, 4.69) is 260 Å². The van der Waals surface area contributed by atoms with Crippen LogP contribution < -0.4 is 4.90 Å². The summed E-state index contributed by atoms with van der Waals surface area (Å²) in [4.78, 5) is 2.44. The van der Waals surface area contributed by atoms with Crippen LogP contribution in [0.1, 0.15) is 44.9 Å². The van der Waals surface area contributed by atoms with Gasteiger partial charge in [-0.2, -0.15) is 0 Å². The lowest BCUT2D eigenvalue weighted by molar-refractivity contribution is 0.753. The molecule has 1 spiro atoms. The summed E-state index contributed by atoms with van der Waals surface area (Å²) in [6.07, 6.45) is 0. The molecule has 0 fully saturated rings. The van der Waals surface area contributed by atoms with Crippen LogP contribution in [-0.4, -0.2) is 0 Å². The average Bonchev–Trinajstić information content (AvgIpc) is 3.65. The van der Waals surface area contributed by atoms with Crippen molar-refractivity contribution in [2.24, 2.45) is 0 Å². The minimum atomic E-state index is -0.497. The Hall–Kier alpha value is -8.00. The molecule has 1 heteroatoms. The lowest BCUT2D eigenvalue weighted by Gasteiger charge is -2.45. The van der Waals surface area contributed by atoms with Gasteiger partial charge in [-0.3, -0.25) is 0 Å². The number of rotatable bonds is 7. The molecule has 1 aliphatic carbocycles. The quantitative estimate of drug-likeness (QED) is 0.145. The molecule has 0 N–H and O–H groups in total. The van der Waals surface area contributed by atoms with E-state index < -0.39 is 5.41 Å². The van der Waals surface area contributed by atoms with E-state index in [1.165, 1.54) is 94.8 Å². The fraction of sp³-hybridized carbons (Fsp3) is 0.0323. The molecule has 1 heterocycles. The monoisotopic (exact) mass is 801 g/mol. The molecule has 1 aliphatic heterocycles. The van der Waals surface area contributed by atoms with Crippen LogP contribution in [0.2, 0.25) is 0 Å². The summed E-state index contributed by atoms with van der Waals surface area (Å²) in [6, 6.07) is 94.0. The van der Waals surface area contributed by atoms with Crippen LogP contribution in [0, 0.1) is 0 Å². The number of anilines is 3. The van der Waals surface area contributed by atoms with Gasteiger partial charge in [-0.05, 0) is 114 Å². The number of para-hydroxylation sites is 3. The van der Waals surface area contributed by atoms with Gasteiger partial charge >= 0.3 is 0 Å². The molecule has 2 aliphatic rings. The third-order valence-corrected chi connectivity index (χ3v) is 13.4. The minimum Gasteiger partial charge on any atom is -0.310 e. The Labute approximate surface area is 369 Å². The Morgan fingerprint density at radius 3 is 1.14 bits per heavy atom. The highest BCUT2D eigenvalue weighted by Gasteiger charge is 2.51. The Balaban J connectivity index is 0.977. The van der Waals surface area contributed by atoms with Crippen molar-refractivity contribution in [3.05, 3.63) is 294 Å². The first kappa shape index (κ1) is 36.8. The van der Waals surface area contributed by atoms with Gasteiger partial charge < -0.3 is 4.90 Å². The molecule has 0 saturated carbocycles. The van der Waals surface area contributed by atoms with Gasteiger partial charge in [0, 0.05) is 11.6 Å². The largest absolute Gasteiger partial charge is 0.310 e. The van der Waals surface area contributed by atoms with Crippen molar-refractivity contribution in [3.63, 3.8) is 0 Å². The molecule has 0 radical (unpaired) electrons. The molecule has 0 saturated heterocycles. The third kappa shape index (κ3) is 6.00. The van der Waals surface area contributed by atoms with Crippen molar-refractivity contribution in [1.29, 1.82) is 0 Å². The molecular formula is C62H43N. The maximum absolute atomic E-state index is 2.48. The summed E-state index contributed by atoms with van der Waals surface area (Å²) in [6.45, 7) is 0. The first-order valence-electron chi connectivity index (χ1n) is 22.0. The molecule has 296 valence electrons. The fourth-order valence-corrected chi connectivity index (χ4v) is 10.6. The fourth-order valence-electron chi connectivity index (χ4n) is 10.6. The molecule has 1 nitrogen and oxygen atoms in total. The third-order valence-electron chi connectivity index (χ3n) is 13.4. The Kier molecular flexibility index (Phi) is 8.86. The second-order valence-corrected chi connectivity index (χ2v) is 16.8. The van der Waals surface area contributed by atoms with Crippen LogP contribution in [0.4, 0.5) is 17.1 Å². The highest BCUT2D eigenvalue weighted by atomic mass is 15.2. The maximum Gasteiger partial charge on any atom is 0.0754 e. The Morgan fingerprint density at radius 2 is 0.635 bits per heavy atom.